The maximum Gasteiger partial charge on any atom is 0.271 e. The van der Waals surface area contributed by atoms with Gasteiger partial charge in [0.15, 0.2) is 4.80 Å². The van der Waals surface area contributed by atoms with Crippen LogP contribution in [0.3, 0.4) is 0 Å². The summed E-state index contributed by atoms with van der Waals surface area (Å²) in [7, 11) is 0. The lowest BCUT2D eigenvalue weighted by Crippen LogP contribution is -2.40. The zero-order valence-electron chi connectivity index (χ0n) is 18.6. The lowest BCUT2D eigenvalue weighted by atomic mass is 9.95. The Labute approximate surface area is 209 Å². The molecular formula is C27H20ClN3O3S. The molecule has 4 aromatic rings. The number of nitrogens with one attached hydrogen (secondary N) is 1. The molecule has 0 spiro atoms. The third kappa shape index (κ3) is 4.56. The molecule has 0 bridgehead atoms. The summed E-state index contributed by atoms with van der Waals surface area (Å²) < 4.78 is 2.00. The minimum atomic E-state index is -0.682. The average Bonchev–Trinajstić information content (AvgIpc) is 3.13. The number of allylic oxidation sites excluding steroid dienone is 1. The van der Waals surface area contributed by atoms with E-state index >= 15 is 0 Å². The Kier molecular flexibility index (Phi) is 6.11. The van der Waals surface area contributed by atoms with Gasteiger partial charge >= 0.3 is 0 Å². The van der Waals surface area contributed by atoms with Crippen molar-refractivity contribution in [2.75, 3.05) is 5.32 Å². The van der Waals surface area contributed by atoms with Gasteiger partial charge < -0.3 is 10.4 Å². The van der Waals surface area contributed by atoms with Crippen LogP contribution in [0.2, 0.25) is 5.02 Å². The van der Waals surface area contributed by atoms with Gasteiger partial charge in [0.05, 0.1) is 21.8 Å². The van der Waals surface area contributed by atoms with Gasteiger partial charge in [0.2, 0.25) is 0 Å². The first kappa shape index (κ1) is 22.8. The van der Waals surface area contributed by atoms with Crippen LogP contribution in [0, 0.1) is 0 Å². The van der Waals surface area contributed by atoms with Crippen molar-refractivity contribution in [1.29, 1.82) is 0 Å². The number of rotatable bonds is 4. The first-order valence-electron chi connectivity index (χ1n) is 10.8. The van der Waals surface area contributed by atoms with E-state index in [0.29, 0.717) is 36.9 Å². The second-order valence-corrected chi connectivity index (χ2v) is 9.49. The molecule has 0 saturated heterocycles. The minimum Gasteiger partial charge on any atom is -0.508 e. The smallest absolute Gasteiger partial charge is 0.271 e. The number of nitrogens with zero attached hydrogens (tertiary/aromatic N) is 2. The van der Waals surface area contributed by atoms with Crippen LogP contribution in [-0.4, -0.2) is 15.6 Å². The fraction of sp³-hybridized carbons (Fsp3) is 0.0741. The van der Waals surface area contributed by atoms with Crippen LogP contribution in [0.5, 0.6) is 5.75 Å². The molecule has 1 amide bonds. The summed E-state index contributed by atoms with van der Waals surface area (Å²) in [5.74, 6) is -0.221. The predicted molar refractivity (Wildman–Crippen MR) is 138 cm³/mol. The predicted octanol–water partition coefficient (Wildman–Crippen LogP) is 4.23. The summed E-state index contributed by atoms with van der Waals surface area (Å²) in [4.78, 5) is 32.2. The van der Waals surface area contributed by atoms with E-state index in [1.807, 2.05) is 30.3 Å². The summed E-state index contributed by atoms with van der Waals surface area (Å²) in [6.07, 6.45) is 1.71. The third-order valence-corrected chi connectivity index (χ3v) is 6.89. The molecule has 0 unspecified atom stereocenters. The van der Waals surface area contributed by atoms with Crippen LogP contribution in [0.25, 0.3) is 6.08 Å². The fourth-order valence-corrected chi connectivity index (χ4v) is 5.23. The van der Waals surface area contributed by atoms with Crippen LogP contribution < -0.4 is 20.2 Å². The number of para-hydroxylation sites is 1. The second-order valence-electron chi connectivity index (χ2n) is 8.05. The zero-order chi connectivity index (χ0) is 24.5. The SMILES string of the molecule is CC1=C(C(=O)Nc2ccccc2)[C@@H](c2ccc(Cl)cc2)n2c(sc(=Cc3cccc(O)c3)c2=O)=N1. The third-order valence-electron chi connectivity index (χ3n) is 5.65. The first-order valence-corrected chi connectivity index (χ1v) is 12.0. The number of aromatic nitrogens is 1. The molecule has 1 atom stereocenters. The number of benzene rings is 3. The molecule has 1 aliphatic rings. The molecule has 0 saturated carbocycles. The van der Waals surface area contributed by atoms with E-state index in [0.717, 1.165) is 5.56 Å². The lowest BCUT2D eigenvalue weighted by Gasteiger charge is -2.25. The Morgan fingerprint density at radius 2 is 1.83 bits per heavy atom. The molecular weight excluding hydrogens is 482 g/mol. The summed E-state index contributed by atoms with van der Waals surface area (Å²) in [5, 5.41) is 13.3. The highest BCUT2D eigenvalue weighted by atomic mass is 35.5. The lowest BCUT2D eigenvalue weighted by molar-refractivity contribution is -0.113. The van der Waals surface area contributed by atoms with Gasteiger partial charge in [0.25, 0.3) is 11.5 Å². The Hall–Kier alpha value is -3.94. The average molecular weight is 502 g/mol. The molecule has 1 aliphatic heterocycles. The molecule has 0 aliphatic carbocycles. The zero-order valence-corrected chi connectivity index (χ0v) is 20.2. The number of phenolic OH excluding ortho intramolecular Hbond substituents is 1. The van der Waals surface area contributed by atoms with Crippen LogP contribution in [0.1, 0.15) is 24.1 Å². The van der Waals surface area contributed by atoms with Crippen molar-refractivity contribution in [1.82, 2.24) is 4.57 Å². The van der Waals surface area contributed by atoms with Gasteiger partial charge in [0.1, 0.15) is 5.75 Å². The molecule has 174 valence electrons. The minimum absolute atomic E-state index is 0.112. The molecule has 6 nitrogen and oxygen atoms in total. The Morgan fingerprint density at radius 1 is 1.09 bits per heavy atom. The summed E-state index contributed by atoms with van der Waals surface area (Å²) in [6.45, 7) is 1.77. The fourth-order valence-electron chi connectivity index (χ4n) is 4.06. The number of thiazole rings is 1. The van der Waals surface area contributed by atoms with Gasteiger partial charge in [-0.25, -0.2) is 4.99 Å². The van der Waals surface area contributed by atoms with E-state index in [1.54, 1.807) is 66.1 Å². The van der Waals surface area contributed by atoms with E-state index in [9.17, 15) is 14.7 Å². The molecule has 5 rings (SSSR count). The Balaban J connectivity index is 1.68. The number of amides is 1. The van der Waals surface area contributed by atoms with Crippen molar-refractivity contribution < 1.29 is 9.90 Å². The Morgan fingerprint density at radius 3 is 2.54 bits per heavy atom. The van der Waals surface area contributed by atoms with Crippen molar-refractivity contribution in [2.45, 2.75) is 13.0 Å². The number of carbonyl (C=O) groups excluding carboxylic acids is 1. The molecule has 2 heterocycles. The molecule has 2 N–H and O–H groups in total. The van der Waals surface area contributed by atoms with E-state index < -0.39 is 6.04 Å². The molecule has 35 heavy (non-hydrogen) atoms. The van der Waals surface area contributed by atoms with Crippen LogP contribution in [-0.2, 0) is 4.79 Å². The highest BCUT2D eigenvalue weighted by molar-refractivity contribution is 7.07. The summed E-state index contributed by atoms with van der Waals surface area (Å²) >= 11 is 7.36. The molecule has 0 fully saturated rings. The van der Waals surface area contributed by atoms with E-state index in [2.05, 4.69) is 10.3 Å². The number of fused-ring (bicyclic) bond motifs is 1. The highest BCUT2D eigenvalue weighted by Gasteiger charge is 2.32. The number of hydrogen-bond acceptors (Lipinski definition) is 5. The normalized spacial score (nSPS) is 15.5. The van der Waals surface area contributed by atoms with Gasteiger partial charge in [-0.1, -0.05) is 65.4 Å². The summed E-state index contributed by atoms with van der Waals surface area (Å²) in [6, 6.07) is 22.2. The number of phenols is 1. The quantitative estimate of drug-likeness (QED) is 0.439. The Bertz CT molecular complexity index is 1640. The number of aromatic hydroxyl groups is 1. The van der Waals surface area contributed by atoms with E-state index in [-0.39, 0.29) is 17.2 Å². The monoisotopic (exact) mass is 501 g/mol. The van der Waals surface area contributed by atoms with Crippen LogP contribution in [0.15, 0.2) is 99.9 Å². The standard InChI is InChI=1S/C27H20ClN3O3S/c1-16-23(25(33)30-20-7-3-2-4-8-20)24(18-10-12-19(28)13-11-18)31-26(34)22(35-27(31)29-16)15-17-6-5-9-21(32)14-17/h2-15,24,32H,1H3,(H,30,33)/t24-/m1/s1. The van der Waals surface area contributed by atoms with Gasteiger partial charge in [-0.3, -0.25) is 14.2 Å². The maximum absolute atomic E-state index is 13.6. The van der Waals surface area contributed by atoms with Gasteiger partial charge in [-0.2, -0.15) is 0 Å². The van der Waals surface area contributed by atoms with Crippen molar-refractivity contribution >= 4 is 40.6 Å². The van der Waals surface area contributed by atoms with Crippen molar-refractivity contribution in [2.24, 2.45) is 4.99 Å². The summed E-state index contributed by atoms with van der Waals surface area (Å²) in [5.41, 5.74) is 2.72. The highest BCUT2D eigenvalue weighted by Crippen LogP contribution is 2.31. The maximum atomic E-state index is 13.6. The van der Waals surface area contributed by atoms with Crippen molar-refractivity contribution in [3.63, 3.8) is 0 Å². The van der Waals surface area contributed by atoms with Crippen molar-refractivity contribution in [3.8, 4) is 5.75 Å². The van der Waals surface area contributed by atoms with E-state index in [4.69, 9.17) is 11.6 Å². The number of anilines is 1. The number of halogens is 1. The molecule has 0 radical (unpaired) electrons. The molecule has 3 aromatic carbocycles. The van der Waals surface area contributed by atoms with Gasteiger partial charge in [-0.05, 0) is 60.5 Å². The number of carbonyl (C=O) groups is 1. The second kappa shape index (κ2) is 9.37. The first-order chi connectivity index (χ1) is 16.9. The van der Waals surface area contributed by atoms with Crippen LogP contribution >= 0.6 is 22.9 Å². The largest absolute Gasteiger partial charge is 0.508 e. The van der Waals surface area contributed by atoms with Gasteiger partial charge in [0, 0.05) is 10.7 Å². The molecule has 1 aromatic heterocycles. The van der Waals surface area contributed by atoms with Gasteiger partial charge in [-0.15, -0.1) is 0 Å². The number of hydrogen-bond donors (Lipinski definition) is 2. The van der Waals surface area contributed by atoms with Crippen LogP contribution in [0.4, 0.5) is 5.69 Å². The van der Waals surface area contributed by atoms with Crippen molar-refractivity contribution in [3.05, 3.63) is 126 Å². The van der Waals surface area contributed by atoms with E-state index in [1.165, 1.54) is 11.3 Å². The molecule has 8 heteroatoms. The topological polar surface area (TPSA) is 83.7 Å².